The standard InChI is InChI=1S/C28H32F2NO5P/c1-2-3-4-5-6-7-20-36-26-18-12-22(13-19-26)21-8-10-23(11-9-21)27(32)31-25-16-14-24(15-17-25)28(29,30)37(33,34)35/h8-19H,2-7,20H2,1H3,(H,31,32)(H2,33,34,35). The predicted octanol–water partition coefficient (Wildman–Crippen LogP) is 7.57. The molecule has 0 aliphatic carbocycles. The van der Waals surface area contributed by atoms with Crippen molar-refractivity contribution < 1.29 is 32.7 Å². The minimum atomic E-state index is -5.65. The number of benzene rings is 3. The molecule has 198 valence electrons. The number of unbranched alkanes of at least 4 members (excludes halogenated alkanes) is 5. The zero-order valence-corrected chi connectivity index (χ0v) is 21.6. The Morgan fingerprint density at radius 1 is 0.838 bits per heavy atom. The van der Waals surface area contributed by atoms with Gasteiger partial charge in [-0.25, -0.2) is 0 Å². The van der Waals surface area contributed by atoms with Crippen LogP contribution in [0.1, 0.15) is 61.4 Å². The maximum absolute atomic E-state index is 13.8. The Kier molecular flexibility index (Phi) is 9.98. The zero-order chi connectivity index (χ0) is 26.9. The fraction of sp³-hybridized carbons (Fsp3) is 0.321. The fourth-order valence-electron chi connectivity index (χ4n) is 3.76. The minimum absolute atomic E-state index is 0.218. The third kappa shape index (κ3) is 7.96. The summed E-state index contributed by atoms with van der Waals surface area (Å²) in [6.07, 6.45) is 7.27. The van der Waals surface area contributed by atoms with Crippen LogP contribution in [0.25, 0.3) is 11.1 Å². The first-order valence-corrected chi connectivity index (χ1v) is 13.9. The molecule has 0 unspecified atom stereocenters. The van der Waals surface area contributed by atoms with E-state index >= 15 is 0 Å². The Balaban J connectivity index is 1.53. The van der Waals surface area contributed by atoms with Gasteiger partial charge in [-0.3, -0.25) is 9.36 Å². The second-order valence-electron chi connectivity index (χ2n) is 8.83. The Labute approximate surface area is 215 Å². The molecule has 0 bridgehead atoms. The highest BCUT2D eigenvalue weighted by Gasteiger charge is 2.50. The molecule has 1 amide bonds. The van der Waals surface area contributed by atoms with Gasteiger partial charge in [0, 0.05) is 16.8 Å². The third-order valence-corrected chi connectivity index (χ3v) is 6.95. The van der Waals surface area contributed by atoms with Crippen molar-refractivity contribution in [1.82, 2.24) is 0 Å². The Bertz CT molecular complexity index is 1190. The fourth-order valence-corrected chi connectivity index (χ4v) is 4.24. The summed E-state index contributed by atoms with van der Waals surface area (Å²) < 4.78 is 44.4. The molecule has 0 saturated heterocycles. The van der Waals surface area contributed by atoms with Crippen molar-refractivity contribution >= 4 is 19.2 Å². The molecule has 3 aromatic carbocycles. The lowest BCUT2D eigenvalue weighted by atomic mass is 10.0. The molecule has 37 heavy (non-hydrogen) atoms. The second kappa shape index (κ2) is 13.0. The van der Waals surface area contributed by atoms with Gasteiger partial charge in [-0.2, -0.15) is 8.78 Å². The normalized spacial score (nSPS) is 11.8. The van der Waals surface area contributed by atoms with E-state index in [1.807, 2.05) is 36.4 Å². The van der Waals surface area contributed by atoms with E-state index in [1.165, 1.54) is 44.2 Å². The summed E-state index contributed by atoms with van der Waals surface area (Å²) in [4.78, 5) is 30.2. The Hall–Kier alpha value is -3.06. The van der Waals surface area contributed by atoms with Crippen LogP contribution >= 0.6 is 7.60 Å². The summed E-state index contributed by atoms with van der Waals surface area (Å²) in [5.74, 6) is 0.373. The number of alkyl halides is 2. The number of carbonyl (C=O) groups excluding carboxylic acids is 1. The zero-order valence-electron chi connectivity index (χ0n) is 20.7. The number of carbonyl (C=O) groups is 1. The van der Waals surface area contributed by atoms with Gasteiger partial charge in [0.1, 0.15) is 5.75 Å². The molecule has 3 rings (SSSR count). The molecule has 3 N–H and O–H groups in total. The number of hydrogen-bond donors (Lipinski definition) is 3. The van der Waals surface area contributed by atoms with E-state index in [0.29, 0.717) is 12.2 Å². The van der Waals surface area contributed by atoms with E-state index < -0.39 is 24.7 Å². The molecule has 0 aliphatic heterocycles. The van der Waals surface area contributed by atoms with Crippen LogP contribution in [0.15, 0.2) is 72.8 Å². The van der Waals surface area contributed by atoms with Gasteiger partial charge in [0.05, 0.1) is 6.61 Å². The van der Waals surface area contributed by atoms with Crippen LogP contribution in [0.4, 0.5) is 14.5 Å². The van der Waals surface area contributed by atoms with Crippen LogP contribution in [0.3, 0.4) is 0 Å². The quantitative estimate of drug-likeness (QED) is 0.156. The monoisotopic (exact) mass is 531 g/mol. The van der Waals surface area contributed by atoms with Crippen LogP contribution < -0.4 is 10.1 Å². The molecular formula is C28H32F2NO5P. The third-order valence-electron chi connectivity index (χ3n) is 5.96. The molecule has 0 radical (unpaired) electrons. The van der Waals surface area contributed by atoms with Crippen molar-refractivity contribution in [1.29, 1.82) is 0 Å². The first kappa shape index (κ1) is 28.5. The molecule has 3 aromatic rings. The summed E-state index contributed by atoms with van der Waals surface area (Å²) in [5.41, 5.74) is -2.66. The molecule has 0 heterocycles. The summed E-state index contributed by atoms with van der Waals surface area (Å²) in [5, 5.41) is 2.59. The van der Waals surface area contributed by atoms with E-state index in [4.69, 9.17) is 14.5 Å². The number of hydrogen-bond acceptors (Lipinski definition) is 3. The molecule has 9 heteroatoms. The number of amides is 1. The summed E-state index contributed by atoms with van der Waals surface area (Å²) >= 11 is 0. The van der Waals surface area contributed by atoms with E-state index in [-0.39, 0.29) is 5.69 Å². The average molecular weight is 532 g/mol. The number of nitrogens with one attached hydrogen (secondary N) is 1. The van der Waals surface area contributed by atoms with Gasteiger partial charge < -0.3 is 19.8 Å². The highest BCUT2D eigenvalue weighted by atomic mass is 31.2. The first-order chi connectivity index (χ1) is 17.6. The molecule has 6 nitrogen and oxygen atoms in total. The number of halogens is 2. The maximum atomic E-state index is 13.8. The van der Waals surface area contributed by atoms with Crippen LogP contribution in [-0.4, -0.2) is 22.3 Å². The number of rotatable bonds is 13. The number of ether oxygens (including phenoxy) is 1. The molecule has 0 aromatic heterocycles. The van der Waals surface area contributed by atoms with Crippen LogP contribution in [0.2, 0.25) is 0 Å². The lowest BCUT2D eigenvalue weighted by Gasteiger charge is -2.18. The van der Waals surface area contributed by atoms with Gasteiger partial charge >= 0.3 is 13.3 Å². The van der Waals surface area contributed by atoms with Crippen molar-refractivity contribution in [3.05, 3.63) is 83.9 Å². The van der Waals surface area contributed by atoms with Gasteiger partial charge in [-0.05, 0) is 53.9 Å². The van der Waals surface area contributed by atoms with Crippen molar-refractivity contribution in [2.75, 3.05) is 11.9 Å². The largest absolute Gasteiger partial charge is 0.494 e. The van der Waals surface area contributed by atoms with Crippen molar-refractivity contribution in [3.63, 3.8) is 0 Å². The van der Waals surface area contributed by atoms with E-state index in [0.717, 1.165) is 35.4 Å². The van der Waals surface area contributed by atoms with Crippen molar-refractivity contribution in [2.24, 2.45) is 0 Å². The van der Waals surface area contributed by atoms with Crippen LogP contribution in [0.5, 0.6) is 5.75 Å². The molecular weight excluding hydrogens is 499 g/mol. The summed E-state index contributed by atoms with van der Waals surface area (Å²) in [6.45, 7) is 2.90. The lowest BCUT2D eigenvalue weighted by molar-refractivity contribution is 0.0564. The SMILES string of the molecule is CCCCCCCCOc1ccc(-c2ccc(C(=O)Nc3ccc(C(F)(F)P(=O)(O)O)cc3)cc2)cc1. The Morgan fingerprint density at radius 2 is 1.38 bits per heavy atom. The number of anilines is 1. The summed E-state index contributed by atoms with van der Waals surface area (Å²) in [6, 6.07) is 18.8. The van der Waals surface area contributed by atoms with Gasteiger partial charge in [0.15, 0.2) is 0 Å². The van der Waals surface area contributed by atoms with Gasteiger partial charge in [0.25, 0.3) is 5.91 Å². The van der Waals surface area contributed by atoms with Crippen LogP contribution in [-0.2, 0) is 10.2 Å². The van der Waals surface area contributed by atoms with Crippen molar-refractivity contribution in [3.8, 4) is 16.9 Å². The lowest BCUT2D eigenvalue weighted by Crippen LogP contribution is -2.15. The molecule has 0 spiro atoms. The smallest absolute Gasteiger partial charge is 0.399 e. The molecule has 0 saturated carbocycles. The molecule has 0 aliphatic rings. The van der Waals surface area contributed by atoms with E-state index in [1.54, 1.807) is 12.1 Å². The topological polar surface area (TPSA) is 95.9 Å². The van der Waals surface area contributed by atoms with Crippen LogP contribution in [0, 0.1) is 0 Å². The van der Waals surface area contributed by atoms with Gasteiger partial charge in [-0.15, -0.1) is 0 Å². The molecule has 0 atom stereocenters. The average Bonchev–Trinajstić information content (AvgIpc) is 2.88. The van der Waals surface area contributed by atoms with E-state index in [9.17, 15) is 18.1 Å². The Morgan fingerprint density at radius 3 is 1.95 bits per heavy atom. The highest BCUT2D eigenvalue weighted by Crippen LogP contribution is 2.59. The first-order valence-electron chi connectivity index (χ1n) is 12.3. The molecule has 0 fully saturated rings. The predicted molar refractivity (Wildman–Crippen MR) is 141 cm³/mol. The van der Waals surface area contributed by atoms with Gasteiger partial charge in [0.2, 0.25) is 0 Å². The minimum Gasteiger partial charge on any atom is -0.494 e. The van der Waals surface area contributed by atoms with Crippen molar-refractivity contribution in [2.45, 2.75) is 51.1 Å². The maximum Gasteiger partial charge on any atom is 0.399 e. The highest BCUT2D eigenvalue weighted by molar-refractivity contribution is 7.52. The second-order valence-corrected chi connectivity index (χ2v) is 10.5. The van der Waals surface area contributed by atoms with Gasteiger partial charge in [-0.1, -0.05) is 75.4 Å². The summed E-state index contributed by atoms with van der Waals surface area (Å²) in [7, 11) is -5.65. The van der Waals surface area contributed by atoms with E-state index in [2.05, 4.69) is 12.2 Å².